The standard InChI is InChI=1S/C29H26F4O2/c1-34-26-8-4-7-24-23-12-11-21-18(5-3-6-22(21)25(23)16-27(35-2)28(24)26)10-9-17-13-19(29(31,32)33)15-20(30)14-17/h4,7-8,11-16,18H,3,5-6,9-10H2,1-2H3/t18-/m0/s1. The van der Waals surface area contributed by atoms with Crippen LogP contribution in [-0.4, -0.2) is 14.2 Å². The van der Waals surface area contributed by atoms with Crippen LogP contribution in [-0.2, 0) is 19.0 Å². The van der Waals surface area contributed by atoms with Gasteiger partial charge in [-0.2, -0.15) is 13.2 Å². The van der Waals surface area contributed by atoms with Gasteiger partial charge in [-0.3, -0.25) is 0 Å². The lowest BCUT2D eigenvalue weighted by Crippen LogP contribution is -2.12. The van der Waals surface area contributed by atoms with Crippen LogP contribution in [0.3, 0.4) is 0 Å². The molecule has 0 radical (unpaired) electrons. The Morgan fingerprint density at radius 3 is 2.43 bits per heavy atom. The van der Waals surface area contributed by atoms with E-state index in [2.05, 4.69) is 24.3 Å². The molecule has 0 fully saturated rings. The average molecular weight is 483 g/mol. The lowest BCUT2D eigenvalue weighted by molar-refractivity contribution is -0.137. The Morgan fingerprint density at radius 1 is 0.886 bits per heavy atom. The molecule has 0 bridgehead atoms. The van der Waals surface area contributed by atoms with Gasteiger partial charge in [0.15, 0.2) is 0 Å². The van der Waals surface area contributed by atoms with E-state index in [1.807, 2.05) is 12.1 Å². The van der Waals surface area contributed by atoms with Crippen molar-refractivity contribution in [2.75, 3.05) is 14.2 Å². The Kier molecular flexibility index (Phi) is 6.07. The maximum Gasteiger partial charge on any atom is 0.416 e. The summed E-state index contributed by atoms with van der Waals surface area (Å²) < 4.78 is 64.6. The lowest BCUT2D eigenvalue weighted by atomic mass is 9.77. The maximum atomic E-state index is 13.9. The first-order chi connectivity index (χ1) is 16.8. The quantitative estimate of drug-likeness (QED) is 0.211. The predicted octanol–water partition coefficient (Wildman–Crippen LogP) is 8.22. The van der Waals surface area contributed by atoms with Crippen molar-refractivity contribution in [2.24, 2.45) is 0 Å². The number of benzene rings is 4. The van der Waals surface area contributed by atoms with E-state index >= 15 is 0 Å². The fraction of sp³-hybridized carbons (Fsp3) is 0.310. The normalized spacial score (nSPS) is 15.9. The highest BCUT2D eigenvalue weighted by Crippen LogP contribution is 2.44. The molecular formula is C29H26F4O2. The number of fused-ring (bicyclic) bond motifs is 5. The van der Waals surface area contributed by atoms with Crippen LogP contribution in [0.2, 0.25) is 0 Å². The fourth-order valence-corrected chi connectivity index (χ4v) is 5.57. The second-order valence-electron chi connectivity index (χ2n) is 9.16. The molecule has 0 amide bonds. The lowest BCUT2D eigenvalue weighted by Gasteiger charge is -2.28. The van der Waals surface area contributed by atoms with Gasteiger partial charge in [0.25, 0.3) is 0 Å². The third-order valence-corrected chi connectivity index (χ3v) is 7.16. The van der Waals surface area contributed by atoms with Gasteiger partial charge in [0, 0.05) is 0 Å². The first-order valence-electron chi connectivity index (χ1n) is 11.8. The monoisotopic (exact) mass is 482 g/mol. The number of aryl methyl sites for hydroxylation is 2. The summed E-state index contributed by atoms with van der Waals surface area (Å²) in [7, 11) is 3.30. The van der Waals surface area contributed by atoms with E-state index in [0.717, 1.165) is 58.4 Å². The maximum absolute atomic E-state index is 13.9. The molecule has 5 rings (SSSR count). The molecule has 35 heavy (non-hydrogen) atoms. The second-order valence-corrected chi connectivity index (χ2v) is 9.16. The van der Waals surface area contributed by atoms with Crippen LogP contribution < -0.4 is 9.47 Å². The summed E-state index contributed by atoms with van der Waals surface area (Å²) in [4.78, 5) is 0. The minimum atomic E-state index is -4.56. The van der Waals surface area contributed by atoms with E-state index in [1.165, 1.54) is 17.2 Å². The predicted molar refractivity (Wildman–Crippen MR) is 130 cm³/mol. The molecule has 4 aromatic carbocycles. The number of hydrogen-bond donors (Lipinski definition) is 0. The van der Waals surface area contributed by atoms with Crippen molar-refractivity contribution in [1.29, 1.82) is 0 Å². The van der Waals surface area contributed by atoms with Crippen LogP contribution in [0.15, 0.2) is 54.6 Å². The van der Waals surface area contributed by atoms with Crippen molar-refractivity contribution in [2.45, 2.75) is 44.2 Å². The van der Waals surface area contributed by atoms with Crippen LogP contribution in [0.4, 0.5) is 17.6 Å². The summed E-state index contributed by atoms with van der Waals surface area (Å²) in [6.07, 6.45) is -0.624. The molecule has 0 saturated carbocycles. The van der Waals surface area contributed by atoms with Gasteiger partial charge in [-0.25, -0.2) is 4.39 Å². The second kappa shape index (κ2) is 9.06. The summed E-state index contributed by atoms with van der Waals surface area (Å²) in [5.41, 5.74) is 1.93. The van der Waals surface area contributed by atoms with Gasteiger partial charge in [-0.05, 0) is 101 Å². The molecular weight excluding hydrogens is 456 g/mol. The zero-order valence-corrected chi connectivity index (χ0v) is 19.6. The summed E-state index contributed by atoms with van der Waals surface area (Å²) in [6, 6.07) is 15.1. The Bertz CT molecular complexity index is 1410. The molecule has 6 heteroatoms. The molecule has 0 aromatic heterocycles. The van der Waals surface area contributed by atoms with Crippen molar-refractivity contribution in [3.05, 3.63) is 82.7 Å². The molecule has 2 nitrogen and oxygen atoms in total. The number of rotatable bonds is 5. The minimum Gasteiger partial charge on any atom is -0.496 e. The zero-order valence-electron chi connectivity index (χ0n) is 19.6. The summed E-state index contributed by atoms with van der Waals surface area (Å²) in [5, 5.41) is 4.25. The number of halogens is 4. The number of alkyl halides is 3. The Balaban J connectivity index is 1.53. The minimum absolute atomic E-state index is 0.202. The van der Waals surface area contributed by atoms with Gasteiger partial charge in [-0.1, -0.05) is 24.3 Å². The van der Waals surface area contributed by atoms with Crippen LogP contribution >= 0.6 is 0 Å². The van der Waals surface area contributed by atoms with E-state index < -0.39 is 17.6 Å². The molecule has 182 valence electrons. The number of methoxy groups -OCH3 is 2. The molecule has 1 atom stereocenters. The van der Waals surface area contributed by atoms with Crippen LogP contribution in [0, 0.1) is 5.82 Å². The van der Waals surface area contributed by atoms with Gasteiger partial charge in [0.2, 0.25) is 0 Å². The van der Waals surface area contributed by atoms with Crippen LogP contribution in [0.1, 0.15) is 47.4 Å². The molecule has 0 heterocycles. The summed E-state index contributed by atoms with van der Waals surface area (Å²) in [5.74, 6) is 0.858. The molecule has 1 aliphatic carbocycles. The molecule has 1 aliphatic rings. The third kappa shape index (κ3) is 4.30. The van der Waals surface area contributed by atoms with Crippen molar-refractivity contribution < 1.29 is 27.0 Å². The van der Waals surface area contributed by atoms with Gasteiger partial charge in [-0.15, -0.1) is 0 Å². The van der Waals surface area contributed by atoms with E-state index in [9.17, 15) is 17.6 Å². The molecule has 0 spiro atoms. The Hall–Kier alpha value is -3.28. The third-order valence-electron chi connectivity index (χ3n) is 7.16. The highest BCUT2D eigenvalue weighted by atomic mass is 19.4. The van der Waals surface area contributed by atoms with Crippen LogP contribution in [0.5, 0.6) is 11.5 Å². The molecule has 4 aromatic rings. The van der Waals surface area contributed by atoms with Gasteiger partial charge in [0.1, 0.15) is 17.3 Å². The molecule has 0 unspecified atom stereocenters. The largest absolute Gasteiger partial charge is 0.496 e. The van der Waals surface area contributed by atoms with E-state index in [1.54, 1.807) is 14.2 Å². The highest BCUT2D eigenvalue weighted by Gasteiger charge is 2.31. The van der Waals surface area contributed by atoms with E-state index in [0.29, 0.717) is 24.5 Å². The van der Waals surface area contributed by atoms with Gasteiger partial charge in [0.05, 0.1) is 25.2 Å². The topological polar surface area (TPSA) is 18.5 Å². The van der Waals surface area contributed by atoms with Gasteiger partial charge < -0.3 is 9.47 Å². The van der Waals surface area contributed by atoms with E-state index in [4.69, 9.17) is 9.47 Å². The van der Waals surface area contributed by atoms with Crippen molar-refractivity contribution >= 4 is 21.5 Å². The zero-order chi connectivity index (χ0) is 24.7. The molecule has 0 N–H and O–H groups in total. The Labute approximate surface area is 201 Å². The Morgan fingerprint density at radius 2 is 1.69 bits per heavy atom. The summed E-state index contributed by atoms with van der Waals surface area (Å²) >= 11 is 0. The summed E-state index contributed by atoms with van der Waals surface area (Å²) in [6.45, 7) is 0. The SMILES string of the molecule is COc1cccc2c1c(OC)cc1c3c(ccc12)[C@H](CCc1cc(F)cc(C(F)(F)F)c1)CCC3. The number of hydrogen-bond acceptors (Lipinski definition) is 2. The van der Waals surface area contributed by atoms with Crippen LogP contribution in [0.25, 0.3) is 21.5 Å². The molecule has 0 saturated heterocycles. The average Bonchev–Trinajstić information content (AvgIpc) is 2.85. The van der Waals surface area contributed by atoms with Gasteiger partial charge >= 0.3 is 6.18 Å². The van der Waals surface area contributed by atoms with Crippen molar-refractivity contribution in [3.8, 4) is 11.5 Å². The smallest absolute Gasteiger partial charge is 0.416 e. The van der Waals surface area contributed by atoms with Crippen molar-refractivity contribution in [3.63, 3.8) is 0 Å². The number of ether oxygens (including phenoxy) is 2. The van der Waals surface area contributed by atoms with Crippen molar-refractivity contribution in [1.82, 2.24) is 0 Å². The highest BCUT2D eigenvalue weighted by molar-refractivity contribution is 6.13. The first-order valence-corrected chi connectivity index (χ1v) is 11.8. The molecule has 0 aliphatic heterocycles. The first kappa shape index (κ1) is 23.5. The fourth-order valence-electron chi connectivity index (χ4n) is 5.57. The van der Waals surface area contributed by atoms with E-state index in [-0.39, 0.29) is 5.92 Å².